The highest BCUT2D eigenvalue weighted by Gasteiger charge is 2.08. The van der Waals surface area contributed by atoms with Gasteiger partial charge in [0, 0.05) is 11.6 Å². The van der Waals surface area contributed by atoms with E-state index in [0.29, 0.717) is 5.82 Å². The average Bonchev–Trinajstić information content (AvgIpc) is 2.82. The number of H-pyrrole nitrogens is 2. The lowest BCUT2D eigenvalue weighted by atomic mass is 10.1. The van der Waals surface area contributed by atoms with Gasteiger partial charge in [-0.15, -0.1) is 0 Å². The van der Waals surface area contributed by atoms with E-state index in [4.69, 9.17) is 5.73 Å². The molecular weight excluding hydrogens is 202 g/mol. The summed E-state index contributed by atoms with van der Waals surface area (Å²) in [6, 6.07) is 7.78. The van der Waals surface area contributed by atoms with Gasteiger partial charge in [-0.1, -0.05) is 12.1 Å². The van der Waals surface area contributed by atoms with Gasteiger partial charge in [0.15, 0.2) is 0 Å². The first-order chi connectivity index (χ1) is 7.74. The number of rotatable bonds is 1. The maximum absolute atomic E-state index is 5.59. The van der Waals surface area contributed by atoms with Crippen LogP contribution in [-0.4, -0.2) is 20.2 Å². The van der Waals surface area contributed by atoms with E-state index in [0.717, 1.165) is 28.1 Å². The lowest BCUT2D eigenvalue weighted by Crippen LogP contribution is -1.81. The van der Waals surface area contributed by atoms with Crippen molar-refractivity contribution in [2.45, 2.75) is 6.92 Å². The van der Waals surface area contributed by atoms with E-state index >= 15 is 0 Å². The number of hydrogen-bond donors (Lipinski definition) is 3. The van der Waals surface area contributed by atoms with Crippen LogP contribution >= 0.6 is 0 Å². The summed E-state index contributed by atoms with van der Waals surface area (Å²) in [6.07, 6.45) is 0. The number of nitrogens with two attached hydrogens (primary N) is 1. The summed E-state index contributed by atoms with van der Waals surface area (Å²) < 4.78 is 0. The first kappa shape index (κ1) is 8.96. The maximum atomic E-state index is 5.59. The number of aromatic amines is 2. The Bertz CT molecular complexity index is 649. The van der Waals surface area contributed by atoms with Crippen molar-refractivity contribution in [3.05, 3.63) is 30.1 Å². The Morgan fingerprint density at radius 1 is 1.31 bits per heavy atom. The molecule has 4 N–H and O–H groups in total. The highest BCUT2D eigenvalue weighted by atomic mass is 15.2. The predicted molar refractivity (Wildman–Crippen MR) is 62.8 cm³/mol. The number of hydrogen-bond acceptors (Lipinski definition) is 3. The molecule has 0 aliphatic carbocycles. The molecule has 0 unspecified atom stereocenters. The number of nitrogens with zero attached hydrogens (tertiary/aromatic N) is 2. The monoisotopic (exact) mass is 213 g/mol. The van der Waals surface area contributed by atoms with Crippen LogP contribution in [0.3, 0.4) is 0 Å². The number of aromatic nitrogens is 4. The molecule has 0 radical (unpaired) electrons. The molecule has 0 saturated carbocycles. The Balaban J connectivity index is 2.30. The molecule has 0 bridgehead atoms. The fourth-order valence-electron chi connectivity index (χ4n) is 1.85. The fourth-order valence-corrected chi connectivity index (χ4v) is 1.85. The largest absolute Gasteiger partial charge is 0.382 e. The van der Waals surface area contributed by atoms with Gasteiger partial charge >= 0.3 is 0 Å². The second kappa shape index (κ2) is 3.10. The number of benzene rings is 1. The molecule has 5 heteroatoms. The second-order valence-electron chi connectivity index (χ2n) is 3.73. The zero-order valence-corrected chi connectivity index (χ0v) is 8.78. The molecule has 0 fully saturated rings. The Kier molecular flexibility index (Phi) is 1.73. The Labute approximate surface area is 91.7 Å². The molecule has 5 nitrogen and oxygen atoms in total. The summed E-state index contributed by atoms with van der Waals surface area (Å²) >= 11 is 0. The fraction of sp³-hybridized carbons (Fsp3) is 0.0909. The van der Waals surface area contributed by atoms with Gasteiger partial charge in [-0.25, -0.2) is 4.98 Å². The van der Waals surface area contributed by atoms with Crippen LogP contribution in [-0.2, 0) is 0 Å². The number of nitrogen functional groups attached to an aromatic ring is 1. The minimum atomic E-state index is 0.485. The molecule has 1 aromatic carbocycles. The van der Waals surface area contributed by atoms with Crippen LogP contribution in [0.1, 0.15) is 5.82 Å². The third-order valence-electron chi connectivity index (χ3n) is 2.52. The van der Waals surface area contributed by atoms with Crippen molar-refractivity contribution in [2.75, 3.05) is 5.73 Å². The second-order valence-corrected chi connectivity index (χ2v) is 3.73. The van der Waals surface area contributed by atoms with Crippen LogP contribution in [0, 0.1) is 6.92 Å². The van der Waals surface area contributed by atoms with Gasteiger partial charge in [0.05, 0.1) is 16.7 Å². The Morgan fingerprint density at radius 2 is 2.19 bits per heavy atom. The summed E-state index contributed by atoms with van der Waals surface area (Å²) in [5, 5.41) is 6.82. The third-order valence-corrected chi connectivity index (χ3v) is 2.52. The van der Waals surface area contributed by atoms with Crippen molar-refractivity contribution in [2.24, 2.45) is 0 Å². The highest BCUT2D eigenvalue weighted by molar-refractivity contribution is 5.91. The normalized spacial score (nSPS) is 11.1. The van der Waals surface area contributed by atoms with Gasteiger partial charge in [-0.3, -0.25) is 5.10 Å². The van der Waals surface area contributed by atoms with Gasteiger partial charge in [0.25, 0.3) is 0 Å². The molecule has 0 aliphatic heterocycles. The molecule has 0 spiro atoms. The maximum Gasteiger partial charge on any atom is 0.145 e. The van der Waals surface area contributed by atoms with Crippen LogP contribution in [0.4, 0.5) is 5.82 Å². The van der Waals surface area contributed by atoms with Crippen molar-refractivity contribution in [1.82, 2.24) is 20.2 Å². The Hall–Kier alpha value is -2.30. The molecule has 3 rings (SSSR count). The molecule has 3 aromatic rings. The van der Waals surface area contributed by atoms with Gasteiger partial charge in [0.2, 0.25) is 0 Å². The number of anilines is 1. The van der Waals surface area contributed by atoms with Crippen LogP contribution in [0.5, 0.6) is 0 Å². The van der Waals surface area contributed by atoms with E-state index in [2.05, 4.69) is 20.2 Å². The Morgan fingerprint density at radius 3 is 2.94 bits per heavy atom. The summed E-state index contributed by atoms with van der Waals surface area (Å²) in [5.41, 5.74) is 9.43. The smallest absolute Gasteiger partial charge is 0.145 e. The minimum absolute atomic E-state index is 0.485. The first-order valence-corrected chi connectivity index (χ1v) is 5.00. The van der Waals surface area contributed by atoms with Crippen LogP contribution < -0.4 is 5.73 Å². The van der Waals surface area contributed by atoms with Crippen molar-refractivity contribution in [1.29, 1.82) is 0 Å². The standard InChI is InChI=1S/C11H11N5/c1-6-13-8-4-2-3-7(11(8)14-6)9-5-10(12)16-15-9/h2-5H,1H3,(H,13,14)(H3,12,15,16). The van der Waals surface area contributed by atoms with E-state index in [1.54, 1.807) is 6.07 Å². The molecule has 0 amide bonds. The lowest BCUT2D eigenvalue weighted by molar-refractivity contribution is 1.10. The van der Waals surface area contributed by atoms with Crippen molar-refractivity contribution < 1.29 is 0 Å². The van der Waals surface area contributed by atoms with E-state index in [-0.39, 0.29) is 0 Å². The average molecular weight is 213 g/mol. The van der Waals surface area contributed by atoms with Gasteiger partial charge in [-0.05, 0) is 13.0 Å². The quantitative estimate of drug-likeness (QED) is 0.576. The predicted octanol–water partition coefficient (Wildman–Crippen LogP) is 1.84. The van der Waals surface area contributed by atoms with Crippen molar-refractivity contribution >= 4 is 16.9 Å². The molecular formula is C11H11N5. The van der Waals surface area contributed by atoms with Crippen LogP contribution in [0.15, 0.2) is 24.3 Å². The number of imidazole rings is 1. The molecule has 0 saturated heterocycles. The SMILES string of the molecule is Cc1nc2c(-c3cc(N)n[nH]3)cccc2[nH]1. The third kappa shape index (κ3) is 1.25. The molecule has 2 aromatic heterocycles. The number of fused-ring (bicyclic) bond motifs is 1. The summed E-state index contributed by atoms with van der Waals surface area (Å²) in [4.78, 5) is 7.65. The molecule has 2 heterocycles. The summed E-state index contributed by atoms with van der Waals surface area (Å²) in [5.74, 6) is 1.38. The van der Waals surface area contributed by atoms with Crippen LogP contribution in [0.25, 0.3) is 22.3 Å². The van der Waals surface area contributed by atoms with E-state index in [1.807, 2.05) is 25.1 Å². The molecule has 0 atom stereocenters. The van der Waals surface area contributed by atoms with Gasteiger partial charge in [0.1, 0.15) is 11.6 Å². The number of para-hydroxylation sites is 1. The van der Waals surface area contributed by atoms with Crippen LogP contribution in [0.2, 0.25) is 0 Å². The number of nitrogens with one attached hydrogen (secondary N) is 2. The highest BCUT2D eigenvalue weighted by Crippen LogP contribution is 2.26. The zero-order chi connectivity index (χ0) is 11.1. The van der Waals surface area contributed by atoms with Crippen molar-refractivity contribution in [3.63, 3.8) is 0 Å². The van der Waals surface area contributed by atoms with Crippen molar-refractivity contribution in [3.8, 4) is 11.3 Å². The van der Waals surface area contributed by atoms with E-state index in [9.17, 15) is 0 Å². The lowest BCUT2D eigenvalue weighted by Gasteiger charge is -1.97. The number of aryl methyl sites for hydroxylation is 1. The summed E-state index contributed by atoms with van der Waals surface area (Å²) in [7, 11) is 0. The van der Waals surface area contributed by atoms with Gasteiger partial charge in [-0.2, -0.15) is 5.10 Å². The summed E-state index contributed by atoms with van der Waals surface area (Å²) in [6.45, 7) is 1.94. The topological polar surface area (TPSA) is 83.4 Å². The van der Waals surface area contributed by atoms with E-state index in [1.165, 1.54) is 0 Å². The molecule has 16 heavy (non-hydrogen) atoms. The molecule has 0 aliphatic rings. The molecule has 80 valence electrons. The first-order valence-electron chi connectivity index (χ1n) is 5.00. The minimum Gasteiger partial charge on any atom is -0.382 e. The van der Waals surface area contributed by atoms with Gasteiger partial charge < -0.3 is 10.7 Å². The van der Waals surface area contributed by atoms with E-state index < -0.39 is 0 Å². The zero-order valence-electron chi connectivity index (χ0n) is 8.78.